The lowest BCUT2D eigenvalue weighted by atomic mass is 10.1. The van der Waals surface area contributed by atoms with Gasteiger partial charge < -0.3 is 15.1 Å². The number of nitrogens with zero attached hydrogens (tertiary/aromatic N) is 1. The van der Waals surface area contributed by atoms with Crippen molar-refractivity contribution in [1.29, 1.82) is 0 Å². The van der Waals surface area contributed by atoms with E-state index in [0.29, 0.717) is 6.04 Å². The van der Waals surface area contributed by atoms with E-state index in [-0.39, 0.29) is 0 Å². The van der Waals surface area contributed by atoms with Crippen LogP contribution in [0.15, 0.2) is 27.8 Å². The molecule has 0 amide bonds. The van der Waals surface area contributed by atoms with Crippen LogP contribution in [-0.4, -0.2) is 25.6 Å². The second-order valence-electron chi connectivity index (χ2n) is 4.87. The molecular formula is C15H27N3O. The standard InChI is InChI=1S/C15H27N3O/c1-4-5-6-8-13(2)18-15(16-3)17-11-10-14-9-7-12-19-14/h7,9,12-13H,4-6,8,10-11H2,1-3H3,(H2,16,17,18). The first-order chi connectivity index (χ1) is 9.26. The van der Waals surface area contributed by atoms with Crippen molar-refractivity contribution in [3.05, 3.63) is 24.2 Å². The molecule has 0 saturated carbocycles. The number of hydrogen-bond donors (Lipinski definition) is 2. The van der Waals surface area contributed by atoms with E-state index in [0.717, 1.165) is 24.7 Å². The summed E-state index contributed by atoms with van der Waals surface area (Å²) >= 11 is 0. The number of nitrogens with one attached hydrogen (secondary N) is 2. The zero-order valence-corrected chi connectivity index (χ0v) is 12.4. The predicted molar refractivity (Wildman–Crippen MR) is 80.5 cm³/mol. The minimum absolute atomic E-state index is 0.460. The summed E-state index contributed by atoms with van der Waals surface area (Å²) in [6.07, 6.45) is 7.61. The van der Waals surface area contributed by atoms with Crippen molar-refractivity contribution >= 4 is 5.96 Å². The second-order valence-corrected chi connectivity index (χ2v) is 4.87. The van der Waals surface area contributed by atoms with Crippen LogP contribution in [0.3, 0.4) is 0 Å². The monoisotopic (exact) mass is 265 g/mol. The summed E-state index contributed by atoms with van der Waals surface area (Å²) < 4.78 is 5.30. The van der Waals surface area contributed by atoms with Crippen molar-refractivity contribution in [2.75, 3.05) is 13.6 Å². The quantitative estimate of drug-likeness (QED) is 0.431. The van der Waals surface area contributed by atoms with Crippen LogP contribution in [0, 0.1) is 0 Å². The summed E-state index contributed by atoms with van der Waals surface area (Å²) in [6.45, 7) is 5.26. The Morgan fingerprint density at radius 3 is 2.89 bits per heavy atom. The van der Waals surface area contributed by atoms with E-state index < -0.39 is 0 Å². The molecule has 4 heteroatoms. The van der Waals surface area contributed by atoms with Gasteiger partial charge >= 0.3 is 0 Å². The maximum Gasteiger partial charge on any atom is 0.191 e. The molecule has 2 N–H and O–H groups in total. The second kappa shape index (κ2) is 9.48. The van der Waals surface area contributed by atoms with Crippen LogP contribution >= 0.6 is 0 Å². The van der Waals surface area contributed by atoms with Gasteiger partial charge in [0.2, 0.25) is 0 Å². The molecule has 0 aliphatic carbocycles. The number of rotatable bonds is 8. The summed E-state index contributed by atoms with van der Waals surface area (Å²) in [5.41, 5.74) is 0. The largest absolute Gasteiger partial charge is 0.469 e. The molecule has 4 nitrogen and oxygen atoms in total. The Morgan fingerprint density at radius 2 is 2.26 bits per heavy atom. The molecule has 1 aromatic heterocycles. The van der Waals surface area contributed by atoms with Crippen molar-refractivity contribution in [3.8, 4) is 0 Å². The molecule has 0 aliphatic rings. The van der Waals surface area contributed by atoms with Crippen LogP contribution in [0.25, 0.3) is 0 Å². The molecule has 1 rings (SSSR count). The van der Waals surface area contributed by atoms with Gasteiger partial charge in [-0.3, -0.25) is 4.99 Å². The Balaban J connectivity index is 2.18. The summed E-state index contributed by atoms with van der Waals surface area (Å²) in [4.78, 5) is 4.24. The molecule has 1 unspecified atom stereocenters. The zero-order chi connectivity index (χ0) is 13.9. The summed E-state index contributed by atoms with van der Waals surface area (Å²) in [5.74, 6) is 1.87. The SMILES string of the molecule is CCCCCC(C)NC(=NC)NCCc1ccco1. The molecule has 0 spiro atoms. The number of unbranched alkanes of at least 4 members (excludes halogenated alkanes) is 2. The predicted octanol–water partition coefficient (Wildman–Crippen LogP) is 2.96. The first kappa shape index (κ1) is 15.6. The van der Waals surface area contributed by atoms with Crippen molar-refractivity contribution in [1.82, 2.24) is 10.6 Å². The molecule has 0 radical (unpaired) electrons. The van der Waals surface area contributed by atoms with Gasteiger partial charge in [0.1, 0.15) is 5.76 Å². The minimum atomic E-state index is 0.460. The van der Waals surface area contributed by atoms with Crippen LogP contribution in [0.2, 0.25) is 0 Å². The van der Waals surface area contributed by atoms with Crippen LogP contribution in [0.4, 0.5) is 0 Å². The number of hydrogen-bond acceptors (Lipinski definition) is 2. The number of guanidine groups is 1. The van der Waals surface area contributed by atoms with Crippen molar-refractivity contribution < 1.29 is 4.42 Å². The normalized spacial score (nSPS) is 13.3. The fourth-order valence-corrected chi connectivity index (χ4v) is 1.96. The van der Waals surface area contributed by atoms with Gasteiger partial charge in [-0.2, -0.15) is 0 Å². The van der Waals surface area contributed by atoms with Gasteiger partial charge in [-0.15, -0.1) is 0 Å². The van der Waals surface area contributed by atoms with Crippen LogP contribution in [0.1, 0.15) is 45.3 Å². The third kappa shape index (κ3) is 6.89. The average molecular weight is 265 g/mol. The Morgan fingerprint density at radius 1 is 1.42 bits per heavy atom. The maximum absolute atomic E-state index is 5.30. The van der Waals surface area contributed by atoms with Crippen molar-refractivity contribution in [2.45, 2.75) is 52.0 Å². The third-order valence-electron chi connectivity index (χ3n) is 3.09. The van der Waals surface area contributed by atoms with Crippen LogP contribution < -0.4 is 10.6 Å². The van der Waals surface area contributed by atoms with E-state index in [2.05, 4.69) is 29.5 Å². The van der Waals surface area contributed by atoms with Gasteiger partial charge in [0.25, 0.3) is 0 Å². The molecule has 1 aromatic rings. The van der Waals surface area contributed by atoms with Crippen molar-refractivity contribution in [3.63, 3.8) is 0 Å². The molecule has 1 heterocycles. The fraction of sp³-hybridized carbons (Fsp3) is 0.667. The van der Waals surface area contributed by atoms with E-state index >= 15 is 0 Å². The van der Waals surface area contributed by atoms with E-state index in [1.165, 1.54) is 25.7 Å². The maximum atomic E-state index is 5.30. The molecule has 0 fully saturated rings. The van der Waals surface area contributed by atoms with Gasteiger partial charge in [0.15, 0.2) is 5.96 Å². The molecule has 0 aliphatic heterocycles. The zero-order valence-electron chi connectivity index (χ0n) is 12.4. The topological polar surface area (TPSA) is 49.6 Å². The highest BCUT2D eigenvalue weighted by molar-refractivity contribution is 5.79. The van der Waals surface area contributed by atoms with Crippen LogP contribution in [-0.2, 0) is 6.42 Å². The molecule has 0 bridgehead atoms. The van der Waals surface area contributed by atoms with E-state index in [1.807, 2.05) is 12.1 Å². The highest BCUT2D eigenvalue weighted by Crippen LogP contribution is 2.03. The fourth-order valence-electron chi connectivity index (χ4n) is 1.96. The van der Waals surface area contributed by atoms with E-state index in [9.17, 15) is 0 Å². The van der Waals surface area contributed by atoms with Gasteiger partial charge in [-0.05, 0) is 25.5 Å². The van der Waals surface area contributed by atoms with Gasteiger partial charge in [0.05, 0.1) is 6.26 Å². The summed E-state index contributed by atoms with van der Waals surface area (Å²) in [6, 6.07) is 4.37. The average Bonchev–Trinajstić information content (AvgIpc) is 2.91. The molecule has 108 valence electrons. The Kier molecular flexibility index (Phi) is 7.78. The lowest BCUT2D eigenvalue weighted by Gasteiger charge is -2.17. The number of aliphatic imine (C=N–C) groups is 1. The lowest BCUT2D eigenvalue weighted by Crippen LogP contribution is -2.42. The minimum Gasteiger partial charge on any atom is -0.469 e. The van der Waals surface area contributed by atoms with E-state index in [1.54, 1.807) is 13.3 Å². The molecule has 1 atom stereocenters. The molecule has 0 aromatic carbocycles. The molecular weight excluding hydrogens is 238 g/mol. The van der Waals surface area contributed by atoms with Crippen LogP contribution in [0.5, 0.6) is 0 Å². The highest BCUT2D eigenvalue weighted by atomic mass is 16.3. The Bertz CT molecular complexity index is 346. The summed E-state index contributed by atoms with van der Waals surface area (Å²) in [5, 5.41) is 6.72. The summed E-state index contributed by atoms with van der Waals surface area (Å²) in [7, 11) is 1.81. The van der Waals surface area contributed by atoms with Gasteiger partial charge in [-0.1, -0.05) is 26.2 Å². The highest BCUT2D eigenvalue weighted by Gasteiger charge is 2.04. The number of furan rings is 1. The lowest BCUT2D eigenvalue weighted by molar-refractivity contribution is 0.505. The van der Waals surface area contributed by atoms with Gasteiger partial charge in [-0.25, -0.2) is 0 Å². The Labute approximate surface area is 116 Å². The van der Waals surface area contributed by atoms with Gasteiger partial charge in [0, 0.05) is 26.1 Å². The first-order valence-corrected chi connectivity index (χ1v) is 7.25. The first-order valence-electron chi connectivity index (χ1n) is 7.25. The third-order valence-corrected chi connectivity index (χ3v) is 3.09. The molecule has 0 saturated heterocycles. The smallest absolute Gasteiger partial charge is 0.191 e. The molecule has 19 heavy (non-hydrogen) atoms. The van der Waals surface area contributed by atoms with E-state index in [4.69, 9.17) is 4.42 Å². The Hall–Kier alpha value is -1.45. The van der Waals surface area contributed by atoms with Crippen molar-refractivity contribution in [2.24, 2.45) is 4.99 Å².